The monoisotopic (exact) mass is 639 g/mol. The van der Waals surface area contributed by atoms with E-state index in [0.29, 0.717) is 0 Å². The fourth-order valence-corrected chi connectivity index (χ4v) is 10.5. The number of aromatic nitrogens is 5. The number of fused-ring (bicyclic) bond motifs is 12. The van der Waals surface area contributed by atoms with Gasteiger partial charge >= 0.3 is 5.66 Å². The smallest absolute Gasteiger partial charge is 0.307 e. The maximum atomic E-state index is 2.65. The lowest BCUT2D eigenvalue weighted by Gasteiger charge is -2.33. The molecule has 1 spiro atoms. The SMILES string of the molecule is Cc1c(-c2cccc3ccccc23)c(C)[n+]2n1-c1cccc3c1C21c2c4c(cc5c6ccccc6n(c25)-c2cccc[n+]21)c1ccccc1n4-3. The number of benzene rings is 6. The molecule has 0 fully saturated rings. The van der Waals surface area contributed by atoms with Crippen molar-refractivity contribution in [2.24, 2.45) is 0 Å². The summed E-state index contributed by atoms with van der Waals surface area (Å²) in [5.41, 5.74) is 14.6. The first kappa shape index (κ1) is 25.5. The van der Waals surface area contributed by atoms with Crippen molar-refractivity contribution in [1.82, 2.24) is 13.8 Å². The summed E-state index contributed by atoms with van der Waals surface area (Å²) in [5, 5.41) is 7.72. The molecule has 0 N–H and O–H groups in total. The van der Waals surface area contributed by atoms with Crippen molar-refractivity contribution in [1.29, 1.82) is 0 Å². The van der Waals surface area contributed by atoms with Gasteiger partial charge in [-0.05, 0) is 65.7 Å². The Morgan fingerprint density at radius 2 is 1.18 bits per heavy atom. The Kier molecular flexibility index (Phi) is 4.20. The highest BCUT2D eigenvalue weighted by atomic mass is 15.5. The van der Waals surface area contributed by atoms with Gasteiger partial charge in [-0.1, -0.05) is 89.6 Å². The average molecular weight is 640 g/mol. The highest BCUT2D eigenvalue weighted by Crippen LogP contribution is 2.55. The number of hydrogen-bond acceptors (Lipinski definition) is 0. The minimum Gasteiger partial charge on any atom is -0.307 e. The summed E-state index contributed by atoms with van der Waals surface area (Å²) in [7, 11) is 0. The number of para-hydroxylation sites is 2. The van der Waals surface area contributed by atoms with E-state index in [1.807, 2.05) is 0 Å². The lowest BCUT2D eigenvalue weighted by molar-refractivity contribution is -0.995. The Morgan fingerprint density at radius 3 is 2.00 bits per heavy atom. The Hall–Kier alpha value is -6.46. The second-order valence-electron chi connectivity index (χ2n) is 14.2. The van der Waals surface area contributed by atoms with E-state index in [9.17, 15) is 0 Å². The second-order valence-corrected chi connectivity index (χ2v) is 14.2. The quantitative estimate of drug-likeness (QED) is 0.160. The van der Waals surface area contributed by atoms with Gasteiger partial charge in [-0.25, -0.2) is 0 Å². The van der Waals surface area contributed by atoms with Gasteiger partial charge in [-0.15, -0.1) is 4.68 Å². The van der Waals surface area contributed by atoms with Crippen molar-refractivity contribution in [2.75, 3.05) is 0 Å². The standard InChI is InChI=1S/C45H29N5/c1-26-40(32-18-11-14-28-13-3-4-15-29(28)32)27(2)50-45-41-37(21-12-22-38(41)49(26)50)47-35-19-7-5-16-30(35)33-25-34-31-17-6-8-20-36(31)48(44(34)42(45)43(33)47)39-23-9-10-24-46(39)45/h3-25H,1-2H3/q+2. The molecule has 232 valence electrons. The lowest BCUT2D eigenvalue weighted by Crippen LogP contribution is -2.77. The van der Waals surface area contributed by atoms with Crippen LogP contribution in [0.4, 0.5) is 0 Å². The van der Waals surface area contributed by atoms with Crippen LogP contribution in [0.3, 0.4) is 0 Å². The molecule has 4 aromatic heterocycles. The lowest BCUT2D eigenvalue weighted by atomic mass is 9.82. The van der Waals surface area contributed by atoms with Gasteiger partial charge in [0.25, 0.3) is 5.82 Å². The largest absolute Gasteiger partial charge is 0.394 e. The van der Waals surface area contributed by atoms with Crippen LogP contribution in [0.25, 0.3) is 82.7 Å². The van der Waals surface area contributed by atoms with Crippen LogP contribution in [-0.4, -0.2) is 13.8 Å². The molecule has 10 aromatic rings. The van der Waals surface area contributed by atoms with Crippen LogP contribution in [0.15, 0.2) is 140 Å². The van der Waals surface area contributed by atoms with Crippen molar-refractivity contribution in [3.05, 3.63) is 162 Å². The summed E-state index contributed by atoms with van der Waals surface area (Å²) in [6.07, 6.45) is 2.32. The first-order valence-corrected chi connectivity index (χ1v) is 17.5. The second kappa shape index (κ2) is 8.21. The molecule has 3 aliphatic rings. The average Bonchev–Trinajstić information content (AvgIpc) is 3.86. The minimum atomic E-state index is -0.674. The van der Waals surface area contributed by atoms with Gasteiger partial charge in [0.2, 0.25) is 5.69 Å². The molecule has 1 unspecified atom stereocenters. The van der Waals surface area contributed by atoms with E-state index >= 15 is 0 Å². The third kappa shape index (κ3) is 2.49. The molecular weight excluding hydrogens is 611 g/mol. The zero-order chi connectivity index (χ0) is 32.6. The minimum absolute atomic E-state index is 0.674. The van der Waals surface area contributed by atoms with E-state index in [4.69, 9.17) is 0 Å². The molecule has 0 bridgehead atoms. The van der Waals surface area contributed by atoms with Crippen LogP contribution in [0, 0.1) is 13.8 Å². The molecule has 6 aromatic carbocycles. The predicted molar refractivity (Wildman–Crippen MR) is 199 cm³/mol. The van der Waals surface area contributed by atoms with E-state index in [2.05, 4.69) is 177 Å². The summed E-state index contributed by atoms with van der Waals surface area (Å²) in [5.74, 6) is 1.17. The molecule has 1 atom stereocenters. The number of hydrogen-bond donors (Lipinski definition) is 0. The predicted octanol–water partition coefficient (Wildman–Crippen LogP) is 8.92. The van der Waals surface area contributed by atoms with Crippen LogP contribution < -0.4 is 9.25 Å². The molecule has 13 rings (SSSR count). The maximum absolute atomic E-state index is 2.65. The molecule has 7 heterocycles. The van der Waals surface area contributed by atoms with Gasteiger partial charge in [0.15, 0.2) is 5.52 Å². The first-order chi connectivity index (χ1) is 24.7. The van der Waals surface area contributed by atoms with E-state index < -0.39 is 5.66 Å². The van der Waals surface area contributed by atoms with E-state index in [1.54, 1.807) is 0 Å². The number of rotatable bonds is 1. The van der Waals surface area contributed by atoms with Gasteiger partial charge in [0.1, 0.15) is 22.3 Å². The van der Waals surface area contributed by atoms with E-state index in [1.165, 1.54) is 105 Å². The molecule has 0 amide bonds. The zero-order valence-corrected chi connectivity index (χ0v) is 27.5. The number of pyridine rings is 1. The third-order valence-electron chi connectivity index (χ3n) is 12.1. The van der Waals surface area contributed by atoms with Gasteiger partial charge in [-0.3, -0.25) is 0 Å². The summed E-state index contributed by atoms with van der Waals surface area (Å²) in [6.45, 7) is 4.66. The van der Waals surface area contributed by atoms with E-state index in [-0.39, 0.29) is 0 Å². The van der Waals surface area contributed by atoms with Crippen molar-refractivity contribution < 1.29 is 9.25 Å². The van der Waals surface area contributed by atoms with Crippen LogP contribution in [0.5, 0.6) is 0 Å². The topological polar surface area (TPSA) is 22.5 Å². The Bertz CT molecular complexity index is 3200. The third-order valence-corrected chi connectivity index (χ3v) is 12.1. The summed E-state index contributed by atoms with van der Waals surface area (Å²) >= 11 is 0. The molecule has 50 heavy (non-hydrogen) atoms. The summed E-state index contributed by atoms with van der Waals surface area (Å²) < 4.78 is 12.9. The van der Waals surface area contributed by atoms with Crippen molar-refractivity contribution >= 4 is 54.4 Å². The zero-order valence-electron chi connectivity index (χ0n) is 27.5. The fourth-order valence-electron chi connectivity index (χ4n) is 10.5. The summed E-state index contributed by atoms with van der Waals surface area (Å²) in [4.78, 5) is 0. The van der Waals surface area contributed by atoms with Crippen LogP contribution in [0.2, 0.25) is 0 Å². The van der Waals surface area contributed by atoms with E-state index in [0.717, 1.165) is 0 Å². The molecule has 0 saturated carbocycles. The van der Waals surface area contributed by atoms with Crippen molar-refractivity contribution in [2.45, 2.75) is 19.5 Å². The molecule has 5 heteroatoms. The van der Waals surface area contributed by atoms with Gasteiger partial charge in [0.05, 0.1) is 34.2 Å². The van der Waals surface area contributed by atoms with Crippen LogP contribution >= 0.6 is 0 Å². The molecule has 3 aliphatic heterocycles. The normalized spacial score (nSPS) is 16.3. The molecule has 0 aliphatic carbocycles. The van der Waals surface area contributed by atoms with Gasteiger partial charge in [0, 0.05) is 34.5 Å². The summed E-state index contributed by atoms with van der Waals surface area (Å²) in [6, 6.07) is 49.6. The van der Waals surface area contributed by atoms with Gasteiger partial charge in [-0.2, -0.15) is 9.13 Å². The fraction of sp³-hybridized carbons (Fsp3) is 0.0667. The van der Waals surface area contributed by atoms with Crippen molar-refractivity contribution in [3.63, 3.8) is 0 Å². The molecule has 0 saturated heterocycles. The highest BCUT2D eigenvalue weighted by Gasteiger charge is 2.69. The van der Waals surface area contributed by atoms with Crippen LogP contribution in [0.1, 0.15) is 22.5 Å². The van der Waals surface area contributed by atoms with Gasteiger partial charge < -0.3 is 4.57 Å². The van der Waals surface area contributed by atoms with Crippen LogP contribution in [-0.2, 0) is 5.66 Å². The Morgan fingerprint density at radius 1 is 0.540 bits per heavy atom. The maximum Gasteiger partial charge on any atom is 0.394 e. The first-order valence-electron chi connectivity index (χ1n) is 17.5. The molecule has 0 radical (unpaired) electrons. The highest BCUT2D eigenvalue weighted by molar-refractivity contribution is 6.22. The Balaban J connectivity index is 1.34. The van der Waals surface area contributed by atoms with Crippen molar-refractivity contribution in [3.8, 4) is 28.3 Å². The molecule has 5 nitrogen and oxygen atoms in total. The number of nitrogens with zero attached hydrogens (tertiary/aromatic N) is 5. The molecular formula is C45H29N5+2. The Labute approximate surface area is 286 Å².